The molecule has 0 radical (unpaired) electrons. The number of carbonyl (C=O) groups excluding carboxylic acids is 1. The van der Waals surface area contributed by atoms with Crippen LogP contribution in [0.15, 0.2) is 23.5 Å². The van der Waals surface area contributed by atoms with Crippen LogP contribution in [0.3, 0.4) is 0 Å². The van der Waals surface area contributed by atoms with Gasteiger partial charge in [-0.25, -0.2) is 4.98 Å². The van der Waals surface area contributed by atoms with Crippen molar-refractivity contribution in [2.75, 3.05) is 20.2 Å². The highest BCUT2D eigenvalue weighted by molar-refractivity contribution is 5.96. The van der Waals surface area contributed by atoms with Crippen molar-refractivity contribution in [1.29, 1.82) is 0 Å². The summed E-state index contributed by atoms with van der Waals surface area (Å²) in [5.41, 5.74) is 1.15. The summed E-state index contributed by atoms with van der Waals surface area (Å²) in [6.45, 7) is 3.74. The number of aromatic nitrogens is 4. The monoisotopic (exact) mass is 345 g/mol. The number of hydrogen-bond acceptors (Lipinski definition) is 5. The number of hydrogen-bond donors (Lipinski definition) is 0. The second-order valence-electron chi connectivity index (χ2n) is 6.50. The quantitative estimate of drug-likeness (QED) is 0.820. The third-order valence-electron chi connectivity index (χ3n) is 4.65. The summed E-state index contributed by atoms with van der Waals surface area (Å²) in [5.74, 6) is 0.658. The molecule has 0 unspecified atom stereocenters. The van der Waals surface area contributed by atoms with Gasteiger partial charge in [-0.2, -0.15) is 0 Å². The Kier molecular flexibility index (Phi) is 4.87. The van der Waals surface area contributed by atoms with Gasteiger partial charge in [0.05, 0.1) is 13.4 Å². The van der Waals surface area contributed by atoms with E-state index < -0.39 is 0 Å². The predicted molar refractivity (Wildman–Crippen MR) is 91.6 cm³/mol. The molecule has 0 spiro atoms. The Labute approximate surface area is 146 Å². The Balaban J connectivity index is 1.62. The van der Waals surface area contributed by atoms with Crippen LogP contribution in [0.25, 0.3) is 0 Å². The molecule has 134 valence electrons. The van der Waals surface area contributed by atoms with E-state index in [0.717, 1.165) is 12.8 Å². The first kappa shape index (κ1) is 17.2. The zero-order valence-corrected chi connectivity index (χ0v) is 14.8. The number of piperidine rings is 1. The molecular formula is C17H23N5O3. The van der Waals surface area contributed by atoms with Crippen LogP contribution in [0.5, 0.6) is 5.88 Å². The molecule has 0 aliphatic carbocycles. The maximum absolute atomic E-state index is 12.7. The van der Waals surface area contributed by atoms with E-state index in [9.17, 15) is 9.59 Å². The highest BCUT2D eigenvalue weighted by Crippen LogP contribution is 2.23. The van der Waals surface area contributed by atoms with Gasteiger partial charge in [-0.3, -0.25) is 18.8 Å². The Morgan fingerprint density at radius 1 is 1.36 bits per heavy atom. The van der Waals surface area contributed by atoms with Crippen LogP contribution in [0.4, 0.5) is 0 Å². The number of amides is 1. The fourth-order valence-electron chi connectivity index (χ4n) is 3.22. The summed E-state index contributed by atoms with van der Waals surface area (Å²) in [6.07, 6.45) is 6.57. The van der Waals surface area contributed by atoms with Gasteiger partial charge in [-0.1, -0.05) is 0 Å². The van der Waals surface area contributed by atoms with Crippen molar-refractivity contribution in [2.45, 2.75) is 26.3 Å². The van der Waals surface area contributed by atoms with E-state index in [1.165, 1.54) is 7.11 Å². The van der Waals surface area contributed by atoms with Gasteiger partial charge >= 0.3 is 0 Å². The van der Waals surface area contributed by atoms with Gasteiger partial charge < -0.3 is 9.64 Å². The van der Waals surface area contributed by atoms with Crippen molar-refractivity contribution in [3.63, 3.8) is 0 Å². The van der Waals surface area contributed by atoms with Crippen LogP contribution >= 0.6 is 0 Å². The first-order chi connectivity index (χ1) is 12.0. The smallest absolute Gasteiger partial charge is 0.260 e. The third-order valence-corrected chi connectivity index (χ3v) is 4.65. The minimum Gasteiger partial charge on any atom is -0.479 e. The predicted octanol–water partition coefficient (Wildman–Crippen LogP) is 0.846. The van der Waals surface area contributed by atoms with E-state index in [1.54, 1.807) is 41.9 Å². The lowest BCUT2D eigenvalue weighted by Gasteiger charge is -2.32. The first-order valence-corrected chi connectivity index (χ1v) is 8.37. The molecule has 0 saturated carbocycles. The lowest BCUT2D eigenvalue weighted by atomic mass is 9.96. The number of aryl methyl sites for hydroxylation is 2. The summed E-state index contributed by atoms with van der Waals surface area (Å²) in [7, 11) is 3.28. The number of likely N-dealkylation sites (tertiary alicyclic amines) is 1. The Bertz CT molecular complexity index is 818. The molecule has 1 fully saturated rings. The summed E-state index contributed by atoms with van der Waals surface area (Å²) in [6, 6.07) is 0. The number of nitrogens with zero attached hydrogens (tertiary/aromatic N) is 5. The van der Waals surface area contributed by atoms with E-state index in [-0.39, 0.29) is 11.5 Å². The topological polar surface area (TPSA) is 82.2 Å². The maximum atomic E-state index is 12.7. The maximum Gasteiger partial charge on any atom is 0.260 e. The van der Waals surface area contributed by atoms with E-state index in [2.05, 4.69) is 10.1 Å². The van der Waals surface area contributed by atoms with Gasteiger partial charge in [0.1, 0.15) is 5.56 Å². The summed E-state index contributed by atoms with van der Waals surface area (Å²) < 4.78 is 8.43. The zero-order chi connectivity index (χ0) is 18.0. The van der Waals surface area contributed by atoms with Gasteiger partial charge in [-0.05, 0) is 25.7 Å². The molecule has 8 nitrogen and oxygen atoms in total. The summed E-state index contributed by atoms with van der Waals surface area (Å²) in [5, 5.41) is 4.14. The molecule has 3 heterocycles. The van der Waals surface area contributed by atoms with Gasteiger partial charge in [0.15, 0.2) is 0 Å². The van der Waals surface area contributed by atoms with E-state index in [1.807, 2.05) is 4.90 Å². The molecule has 1 amide bonds. The number of methoxy groups -OCH3 is 1. The molecule has 1 aliphatic heterocycles. The van der Waals surface area contributed by atoms with Gasteiger partial charge in [0.2, 0.25) is 5.88 Å². The lowest BCUT2D eigenvalue weighted by molar-refractivity contribution is 0.0679. The number of ether oxygens (including phenoxy) is 1. The van der Waals surface area contributed by atoms with Crippen LogP contribution in [-0.2, 0) is 13.6 Å². The van der Waals surface area contributed by atoms with Crippen molar-refractivity contribution in [2.24, 2.45) is 13.0 Å². The Hall–Kier alpha value is -2.64. The van der Waals surface area contributed by atoms with Gasteiger partial charge in [-0.15, -0.1) is 5.10 Å². The number of rotatable bonds is 4. The molecule has 1 aliphatic rings. The molecule has 0 aromatic carbocycles. The van der Waals surface area contributed by atoms with Crippen LogP contribution in [0.1, 0.15) is 28.8 Å². The average molecular weight is 345 g/mol. The van der Waals surface area contributed by atoms with Crippen molar-refractivity contribution < 1.29 is 9.53 Å². The Morgan fingerprint density at radius 2 is 2.08 bits per heavy atom. The Morgan fingerprint density at radius 3 is 2.76 bits per heavy atom. The van der Waals surface area contributed by atoms with E-state index in [4.69, 9.17) is 4.74 Å². The average Bonchev–Trinajstić information content (AvgIpc) is 3.00. The molecular weight excluding hydrogens is 322 g/mol. The van der Waals surface area contributed by atoms with Gasteiger partial charge in [0.25, 0.3) is 11.5 Å². The normalized spacial score (nSPS) is 15.4. The molecule has 8 heteroatoms. The molecule has 25 heavy (non-hydrogen) atoms. The van der Waals surface area contributed by atoms with Crippen molar-refractivity contribution in [3.05, 3.63) is 40.2 Å². The lowest BCUT2D eigenvalue weighted by Crippen LogP contribution is -2.40. The number of carbonyl (C=O) groups is 1. The third kappa shape index (κ3) is 3.57. The van der Waals surface area contributed by atoms with Crippen molar-refractivity contribution >= 4 is 5.91 Å². The summed E-state index contributed by atoms with van der Waals surface area (Å²) >= 11 is 0. The standard InChI is InChI=1S/C17H23N5O3/c1-12-8-18-11-22(16(12)23)9-13-4-6-21(7-5-13)17(24)14-10-20(2)19-15(14)25-3/h8,10-11,13H,4-7,9H2,1-3H3. The van der Waals surface area contributed by atoms with Crippen molar-refractivity contribution in [3.8, 4) is 5.88 Å². The SMILES string of the molecule is COc1nn(C)cc1C(=O)N1CCC(Cn2cncc(C)c2=O)CC1. The molecule has 2 aromatic heterocycles. The van der Waals surface area contributed by atoms with Crippen LogP contribution < -0.4 is 10.3 Å². The highest BCUT2D eigenvalue weighted by atomic mass is 16.5. The summed E-state index contributed by atoms with van der Waals surface area (Å²) in [4.78, 5) is 30.7. The highest BCUT2D eigenvalue weighted by Gasteiger charge is 2.27. The minimum atomic E-state index is -0.0576. The molecule has 0 atom stereocenters. The molecule has 2 aromatic rings. The van der Waals surface area contributed by atoms with E-state index >= 15 is 0 Å². The second kappa shape index (κ2) is 7.08. The van der Waals surface area contributed by atoms with Crippen LogP contribution in [0.2, 0.25) is 0 Å². The molecule has 3 rings (SSSR count). The fourth-order valence-corrected chi connectivity index (χ4v) is 3.22. The molecule has 0 bridgehead atoms. The molecule has 1 saturated heterocycles. The fraction of sp³-hybridized carbons (Fsp3) is 0.529. The van der Waals surface area contributed by atoms with E-state index in [0.29, 0.717) is 42.6 Å². The second-order valence-corrected chi connectivity index (χ2v) is 6.50. The first-order valence-electron chi connectivity index (χ1n) is 8.37. The van der Waals surface area contributed by atoms with Crippen LogP contribution in [0, 0.1) is 12.8 Å². The molecule has 0 N–H and O–H groups in total. The largest absolute Gasteiger partial charge is 0.479 e. The minimum absolute atomic E-state index is 0.00797. The van der Waals surface area contributed by atoms with Crippen molar-refractivity contribution in [1.82, 2.24) is 24.2 Å². The van der Waals surface area contributed by atoms with Crippen LogP contribution in [-0.4, -0.2) is 50.3 Å². The zero-order valence-electron chi connectivity index (χ0n) is 14.8. The van der Waals surface area contributed by atoms with Gasteiger partial charge in [0, 0.05) is 44.6 Å².